The van der Waals surface area contributed by atoms with Gasteiger partial charge in [-0.3, -0.25) is 0 Å². The van der Waals surface area contributed by atoms with Crippen LogP contribution in [0.25, 0.3) is 21.1 Å². The van der Waals surface area contributed by atoms with Gasteiger partial charge in [-0.25, -0.2) is 19.9 Å². The van der Waals surface area contributed by atoms with Crippen molar-refractivity contribution >= 4 is 28.6 Å². The van der Waals surface area contributed by atoms with Crippen molar-refractivity contribution in [3.8, 4) is 21.1 Å². The van der Waals surface area contributed by atoms with Crippen LogP contribution < -0.4 is 4.90 Å². The smallest absolute Gasteiger partial charge is 0.225 e. The Morgan fingerprint density at radius 1 is 1.07 bits per heavy atom. The molecule has 0 aromatic carbocycles. The van der Waals surface area contributed by atoms with Gasteiger partial charge in [0.2, 0.25) is 5.95 Å². The zero-order valence-corrected chi connectivity index (χ0v) is 18.2. The van der Waals surface area contributed by atoms with E-state index in [-0.39, 0.29) is 0 Å². The third-order valence-corrected chi connectivity index (χ3v) is 7.21. The second kappa shape index (κ2) is 7.90. The van der Waals surface area contributed by atoms with E-state index in [4.69, 9.17) is 9.97 Å². The van der Waals surface area contributed by atoms with Crippen LogP contribution in [0.4, 0.5) is 5.95 Å². The number of thiophene rings is 1. The molecule has 5 rings (SSSR count). The Hall–Kier alpha value is -2.62. The lowest BCUT2D eigenvalue weighted by atomic mass is 9.94. The second-order valence-corrected chi connectivity index (χ2v) is 9.32. The predicted molar refractivity (Wildman–Crippen MR) is 120 cm³/mol. The maximum Gasteiger partial charge on any atom is 0.225 e. The van der Waals surface area contributed by atoms with Gasteiger partial charge in [-0.15, -0.1) is 22.7 Å². The molecule has 1 saturated heterocycles. The van der Waals surface area contributed by atoms with E-state index in [0.717, 1.165) is 39.9 Å². The van der Waals surface area contributed by atoms with Crippen molar-refractivity contribution in [3.05, 3.63) is 53.5 Å². The fourth-order valence-electron chi connectivity index (χ4n) is 4.00. The summed E-state index contributed by atoms with van der Waals surface area (Å²) >= 11 is 3.25. The van der Waals surface area contributed by atoms with Gasteiger partial charge in [-0.05, 0) is 24.3 Å². The molecule has 0 saturated carbocycles. The van der Waals surface area contributed by atoms with Gasteiger partial charge in [-0.2, -0.15) is 0 Å². The number of aryl methyl sites for hydroxylation is 1. The summed E-state index contributed by atoms with van der Waals surface area (Å²) in [5.41, 5.74) is 0.936. The highest BCUT2D eigenvalue weighted by Gasteiger charge is 2.36. The van der Waals surface area contributed by atoms with Gasteiger partial charge in [0, 0.05) is 67.2 Å². The fourth-order valence-corrected chi connectivity index (χ4v) is 5.37. The van der Waals surface area contributed by atoms with E-state index in [0.29, 0.717) is 25.3 Å². The van der Waals surface area contributed by atoms with E-state index < -0.39 is 5.60 Å². The molecule has 0 spiro atoms. The first kappa shape index (κ1) is 19.3. The largest absolute Gasteiger partial charge is 0.382 e. The summed E-state index contributed by atoms with van der Waals surface area (Å²) in [4.78, 5) is 21.8. The summed E-state index contributed by atoms with van der Waals surface area (Å²) in [6, 6.07) is 4.12. The quantitative estimate of drug-likeness (QED) is 0.520. The molecule has 9 heteroatoms. The number of imidazole rings is 1. The van der Waals surface area contributed by atoms with Crippen LogP contribution in [0, 0.1) is 0 Å². The molecule has 1 aliphatic rings. The van der Waals surface area contributed by atoms with Gasteiger partial charge in [0.1, 0.15) is 22.1 Å². The molecular weight excluding hydrogens is 416 g/mol. The molecule has 1 aliphatic heterocycles. The van der Waals surface area contributed by atoms with E-state index in [1.807, 2.05) is 35.5 Å². The van der Waals surface area contributed by atoms with Crippen molar-refractivity contribution in [3.63, 3.8) is 0 Å². The van der Waals surface area contributed by atoms with Crippen molar-refractivity contribution in [2.75, 3.05) is 18.0 Å². The molecule has 1 N–H and O–H groups in total. The topological polar surface area (TPSA) is 80.0 Å². The number of aromatic nitrogens is 5. The Morgan fingerprint density at radius 2 is 2.00 bits per heavy atom. The lowest BCUT2D eigenvalue weighted by Gasteiger charge is -2.26. The van der Waals surface area contributed by atoms with E-state index >= 15 is 0 Å². The SMILES string of the molecule is Cn1ccnc1[C@]1(O)CCCN(c2ncc(-c3cccs3)c(-c3nccs3)n2)CC1. The highest BCUT2D eigenvalue weighted by Crippen LogP contribution is 2.36. The Bertz CT molecular complexity index is 1120. The van der Waals surface area contributed by atoms with E-state index in [1.165, 1.54) is 0 Å². The van der Waals surface area contributed by atoms with Gasteiger partial charge in [0.05, 0.1) is 0 Å². The zero-order valence-electron chi connectivity index (χ0n) is 16.6. The van der Waals surface area contributed by atoms with Crippen LogP contribution in [0.15, 0.2) is 47.7 Å². The molecule has 0 amide bonds. The number of aliphatic hydroxyl groups is 1. The molecule has 0 radical (unpaired) electrons. The van der Waals surface area contributed by atoms with Gasteiger partial charge in [-0.1, -0.05) is 6.07 Å². The first-order valence-electron chi connectivity index (χ1n) is 9.90. The number of hydrogen-bond donors (Lipinski definition) is 1. The highest BCUT2D eigenvalue weighted by atomic mass is 32.1. The van der Waals surface area contributed by atoms with Gasteiger partial charge in [0.25, 0.3) is 0 Å². The predicted octanol–water partition coefficient (Wildman–Crippen LogP) is 3.94. The molecule has 4 aromatic heterocycles. The molecular formula is C21H22N6OS2. The van der Waals surface area contributed by atoms with Gasteiger partial charge in [0.15, 0.2) is 0 Å². The van der Waals surface area contributed by atoms with E-state index in [2.05, 4.69) is 26.3 Å². The van der Waals surface area contributed by atoms with Crippen LogP contribution in [0.2, 0.25) is 0 Å². The van der Waals surface area contributed by atoms with Crippen LogP contribution in [0.1, 0.15) is 25.1 Å². The normalized spacial score (nSPS) is 19.7. The number of rotatable bonds is 4. The standard InChI is InChI=1S/C21H22N6OS2/c1-26-11-7-23-19(26)21(28)5-3-9-27(10-6-21)20-24-14-15(16-4-2-12-29-16)17(25-20)18-22-8-13-30-18/h2,4,7-8,11-14,28H,3,5-6,9-10H2,1H3/t21-/m0/s1. The average Bonchev–Trinajstić information content (AvgIpc) is 3.51. The van der Waals surface area contributed by atoms with Crippen molar-refractivity contribution in [2.24, 2.45) is 7.05 Å². The van der Waals surface area contributed by atoms with Gasteiger partial charge < -0.3 is 14.6 Å². The molecule has 0 bridgehead atoms. The van der Waals surface area contributed by atoms with Crippen molar-refractivity contribution < 1.29 is 5.11 Å². The molecule has 0 aliphatic carbocycles. The van der Waals surface area contributed by atoms with E-state index in [9.17, 15) is 5.11 Å². The Kier molecular flexibility index (Phi) is 5.10. The number of anilines is 1. The zero-order chi connectivity index (χ0) is 20.6. The molecule has 1 fully saturated rings. The Balaban J connectivity index is 1.46. The summed E-state index contributed by atoms with van der Waals surface area (Å²) in [5.74, 6) is 1.41. The minimum atomic E-state index is -0.929. The van der Waals surface area contributed by atoms with Crippen LogP contribution in [0.3, 0.4) is 0 Å². The Labute approximate surface area is 182 Å². The van der Waals surface area contributed by atoms with Gasteiger partial charge >= 0.3 is 0 Å². The summed E-state index contributed by atoms with van der Waals surface area (Å²) < 4.78 is 1.91. The molecule has 5 heterocycles. The lowest BCUT2D eigenvalue weighted by Crippen LogP contribution is -2.32. The minimum absolute atomic E-state index is 0.584. The van der Waals surface area contributed by atoms with Crippen LogP contribution in [-0.2, 0) is 12.6 Å². The number of nitrogens with zero attached hydrogens (tertiary/aromatic N) is 6. The monoisotopic (exact) mass is 438 g/mol. The maximum atomic E-state index is 11.3. The summed E-state index contributed by atoms with van der Waals surface area (Å²) in [7, 11) is 1.93. The van der Waals surface area contributed by atoms with Crippen LogP contribution >= 0.6 is 22.7 Å². The molecule has 4 aromatic rings. The molecule has 30 heavy (non-hydrogen) atoms. The molecule has 1 atom stereocenters. The third-order valence-electron chi connectivity index (χ3n) is 5.53. The number of hydrogen-bond acceptors (Lipinski definition) is 8. The average molecular weight is 439 g/mol. The molecule has 154 valence electrons. The lowest BCUT2D eigenvalue weighted by molar-refractivity contribution is 0.0129. The maximum absolute atomic E-state index is 11.3. The third kappa shape index (κ3) is 3.53. The first-order valence-corrected chi connectivity index (χ1v) is 11.7. The van der Waals surface area contributed by atoms with Crippen LogP contribution in [0.5, 0.6) is 0 Å². The molecule has 0 unspecified atom stereocenters. The Morgan fingerprint density at radius 3 is 2.73 bits per heavy atom. The number of thiazole rings is 1. The summed E-state index contributed by atoms with van der Waals surface area (Å²) in [6.07, 6.45) is 9.42. The van der Waals surface area contributed by atoms with E-state index in [1.54, 1.807) is 35.1 Å². The fraction of sp³-hybridized carbons (Fsp3) is 0.333. The first-order chi connectivity index (χ1) is 14.6. The highest BCUT2D eigenvalue weighted by molar-refractivity contribution is 7.14. The summed E-state index contributed by atoms with van der Waals surface area (Å²) in [6.45, 7) is 1.46. The summed E-state index contributed by atoms with van der Waals surface area (Å²) in [5, 5.41) is 16.2. The molecule has 7 nitrogen and oxygen atoms in total. The van der Waals surface area contributed by atoms with Crippen molar-refractivity contribution in [2.45, 2.75) is 24.9 Å². The van der Waals surface area contributed by atoms with Crippen molar-refractivity contribution in [1.29, 1.82) is 0 Å². The van der Waals surface area contributed by atoms with Crippen LogP contribution in [-0.4, -0.2) is 42.7 Å². The van der Waals surface area contributed by atoms with Crippen molar-refractivity contribution in [1.82, 2.24) is 24.5 Å². The second-order valence-electron chi connectivity index (χ2n) is 7.48. The minimum Gasteiger partial charge on any atom is -0.382 e.